The van der Waals surface area contributed by atoms with E-state index in [0.29, 0.717) is 22.9 Å². The van der Waals surface area contributed by atoms with Crippen LogP contribution in [0.5, 0.6) is 11.5 Å². The summed E-state index contributed by atoms with van der Waals surface area (Å²) in [7, 11) is 1.34. The number of methoxy groups -OCH3 is 1. The maximum absolute atomic E-state index is 12.3. The molecule has 1 saturated heterocycles. The Balaban J connectivity index is 2.29. The molecule has 2 rings (SSSR count). The van der Waals surface area contributed by atoms with E-state index in [1.54, 1.807) is 12.1 Å². The highest BCUT2D eigenvalue weighted by Gasteiger charge is 2.29. The van der Waals surface area contributed by atoms with E-state index in [4.69, 9.17) is 17.0 Å². The molecule has 118 valence electrons. The number of alkyl halides is 2. The van der Waals surface area contributed by atoms with Crippen LogP contribution in [-0.2, 0) is 4.79 Å². The third-order valence-corrected chi connectivity index (χ3v) is 3.32. The zero-order valence-corrected chi connectivity index (χ0v) is 12.7. The van der Waals surface area contributed by atoms with Gasteiger partial charge in [0.25, 0.3) is 5.91 Å². The SMILES string of the molecule is CCN1C(=O)/C(=C/c2ccc(OC(F)F)c(OC)c2)NC1=S. The minimum absolute atomic E-state index is 0.0731. The van der Waals surface area contributed by atoms with Crippen molar-refractivity contribution in [2.45, 2.75) is 13.5 Å². The lowest BCUT2D eigenvalue weighted by atomic mass is 10.1. The quantitative estimate of drug-likeness (QED) is 0.664. The average Bonchev–Trinajstić information content (AvgIpc) is 2.74. The summed E-state index contributed by atoms with van der Waals surface area (Å²) in [6.45, 7) is -0.660. The van der Waals surface area contributed by atoms with Crippen LogP contribution in [0.25, 0.3) is 6.08 Å². The van der Waals surface area contributed by atoms with Crippen LogP contribution in [0.2, 0.25) is 0 Å². The first-order chi connectivity index (χ1) is 10.5. The van der Waals surface area contributed by atoms with Crippen molar-refractivity contribution in [3.05, 3.63) is 29.5 Å². The average molecular weight is 328 g/mol. The summed E-state index contributed by atoms with van der Waals surface area (Å²) in [5, 5.41) is 3.15. The van der Waals surface area contributed by atoms with Crippen LogP contribution in [0.15, 0.2) is 23.9 Å². The molecule has 0 spiro atoms. The first-order valence-corrected chi connectivity index (χ1v) is 6.84. The predicted molar refractivity (Wildman–Crippen MR) is 80.7 cm³/mol. The van der Waals surface area contributed by atoms with Gasteiger partial charge in [-0.1, -0.05) is 6.07 Å². The first-order valence-electron chi connectivity index (χ1n) is 6.43. The number of halogens is 2. The summed E-state index contributed by atoms with van der Waals surface area (Å²) in [4.78, 5) is 13.5. The zero-order chi connectivity index (χ0) is 16.3. The summed E-state index contributed by atoms with van der Waals surface area (Å²) >= 11 is 5.05. The van der Waals surface area contributed by atoms with Crippen LogP contribution in [-0.4, -0.2) is 36.2 Å². The van der Waals surface area contributed by atoms with Gasteiger partial charge in [-0.3, -0.25) is 9.69 Å². The topological polar surface area (TPSA) is 50.8 Å². The summed E-state index contributed by atoms with van der Waals surface area (Å²) in [6.07, 6.45) is 1.57. The zero-order valence-electron chi connectivity index (χ0n) is 11.9. The van der Waals surface area contributed by atoms with Crippen LogP contribution < -0.4 is 14.8 Å². The van der Waals surface area contributed by atoms with Crippen LogP contribution in [0, 0.1) is 0 Å². The second-order valence-corrected chi connectivity index (χ2v) is 4.71. The Morgan fingerprint density at radius 1 is 1.41 bits per heavy atom. The van der Waals surface area contributed by atoms with Gasteiger partial charge in [0.15, 0.2) is 16.6 Å². The molecule has 0 atom stereocenters. The molecule has 1 amide bonds. The molecule has 1 aliphatic rings. The van der Waals surface area contributed by atoms with Crippen LogP contribution in [0.4, 0.5) is 8.78 Å². The van der Waals surface area contributed by atoms with E-state index < -0.39 is 6.61 Å². The lowest BCUT2D eigenvalue weighted by Crippen LogP contribution is -2.30. The lowest BCUT2D eigenvalue weighted by Gasteiger charge is -2.10. The Kier molecular flexibility index (Phi) is 4.92. The van der Waals surface area contributed by atoms with Gasteiger partial charge in [-0.05, 0) is 42.9 Å². The fourth-order valence-electron chi connectivity index (χ4n) is 1.99. The molecule has 1 heterocycles. The van der Waals surface area contributed by atoms with Crippen LogP contribution >= 0.6 is 12.2 Å². The highest BCUT2D eigenvalue weighted by Crippen LogP contribution is 2.30. The number of nitrogens with one attached hydrogen (secondary N) is 1. The van der Waals surface area contributed by atoms with E-state index in [-0.39, 0.29) is 17.4 Å². The van der Waals surface area contributed by atoms with E-state index in [2.05, 4.69) is 10.1 Å². The van der Waals surface area contributed by atoms with Crippen molar-refractivity contribution >= 4 is 29.3 Å². The number of ether oxygens (including phenoxy) is 2. The van der Waals surface area contributed by atoms with Gasteiger partial charge in [-0.2, -0.15) is 8.78 Å². The Morgan fingerprint density at radius 2 is 2.14 bits per heavy atom. The number of amides is 1. The van der Waals surface area contributed by atoms with Crippen molar-refractivity contribution in [3.8, 4) is 11.5 Å². The van der Waals surface area contributed by atoms with E-state index in [9.17, 15) is 13.6 Å². The largest absolute Gasteiger partial charge is 0.493 e. The molecule has 0 saturated carbocycles. The molecule has 0 radical (unpaired) electrons. The van der Waals surface area contributed by atoms with Crippen molar-refractivity contribution in [2.75, 3.05) is 13.7 Å². The van der Waals surface area contributed by atoms with Gasteiger partial charge >= 0.3 is 6.61 Å². The molecule has 1 aromatic carbocycles. The fourth-order valence-corrected chi connectivity index (χ4v) is 2.31. The molecule has 5 nitrogen and oxygen atoms in total. The molecule has 0 unspecified atom stereocenters. The van der Waals surface area contributed by atoms with E-state index in [1.807, 2.05) is 6.92 Å². The number of likely N-dealkylation sites (N-methyl/N-ethyl adjacent to an activating group) is 1. The maximum Gasteiger partial charge on any atom is 0.387 e. The molecule has 1 aliphatic heterocycles. The van der Waals surface area contributed by atoms with Gasteiger partial charge in [0.2, 0.25) is 0 Å². The third-order valence-electron chi connectivity index (χ3n) is 2.99. The van der Waals surface area contributed by atoms with Crippen molar-refractivity contribution in [1.29, 1.82) is 0 Å². The van der Waals surface area contributed by atoms with Gasteiger partial charge in [0, 0.05) is 6.54 Å². The number of benzene rings is 1. The van der Waals surface area contributed by atoms with Gasteiger partial charge in [-0.25, -0.2) is 0 Å². The summed E-state index contributed by atoms with van der Waals surface area (Å²) in [5.41, 5.74) is 0.909. The number of nitrogens with zero attached hydrogens (tertiary/aromatic N) is 1. The molecule has 1 aromatic rings. The molecule has 0 aliphatic carbocycles. The molecular weight excluding hydrogens is 314 g/mol. The number of hydrogen-bond acceptors (Lipinski definition) is 4. The van der Waals surface area contributed by atoms with Crippen molar-refractivity contribution in [3.63, 3.8) is 0 Å². The Hall–Kier alpha value is -2.22. The molecular formula is C14H14F2N2O3S. The normalized spacial score (nSPS) is 16.4. The van der Waals surface area contributed by atoms with Crippen molar-refractivity contribution in [2.24, 2.45) is 0 Å². The molecule has 1 N–H and O–H groups in total. The summed E-state index contributed by atoms with van der Waals surface area (Å²) in [5.74, 6) is -0.162. The number of carbonyl (C=O) groups is 1. The number of carbonyl (C=O) groups excluding carboxylic acids is 1. The highest BCUT2D eigenvalue weighted by molar-refractivity contribution is 7.80. The second-order valence-electron chi connectivity index (χ2n) is 4.33. The molecule has 22 heavy (non-hydrogen) atoms. The molecule has 1 fully saturated rings. The highest BCUT2D eigenvalue weighted by atomic mass is 32.1. The minimum atomic E-state index is -2.94. The molecule has 0 bridgehead atoms. The molecule has 0 aromatic heterocycles. The second kappa shape index (κ2) is 6.69. The summed E-state index contributed by atoms with van der Waals surface area (Å²) in [6, 6.07) is 4.39. The number of hydrogen-bond donors (Lipinski definition) is 1. The predicted octanol–water partition coefficient (Wildman–Crippen LogP) is 2.37. The van der Waals surface area contributed by atoms with E-state index in [1.165, 1.54) is 24.1 Å². The maximum atomic E-state index is 12.3. The first kappa shape index (κ1) is 16.2. The fraction of sp³-hybridized carbons (Fsp3) is 0.286. The van der Waals surface area contributed by atoms with Gasteiger partial charge in [-0.15, -0.1) is 0 Å². The van der Waals surface area contributed by atoms with Crippen molar-refractivity contribution < 1.29 is 23.0 Å². The third kappa shape index (κ3) is 3.33. The van der Waals surface area contributed by atoms with Crippen LogP contribution in [0.3, 0.4) is 0 Å². The number of rotatable bonds is 5. The molecule has 8 heteroatoms. The lowest BCUT2D eigenvalue weighted by molar-refractivity contribution is -0.122. The Labute approximate surface area is 131 Å². The monoisotopic (exact) mass is 328 g/mol. The minimum Gasteiger partial charge on any atom is -0.493 e. The van der Waals surface area contributed by atoms with E-state index >= 15 is 0 Å². The van der Waals surface area contributed by atoms with Gasteiger partial charge in [0.1, 0.15) is 5.70 Å². The van der Waals surface area contributed by atoms with Crippen molar-refractivity contribution in [1.82, 2.24) is 10.2 Å². The number of thiocarbonyl (C=S) groups is 1. The smallest absolute Gasteiger partial charge is 0.387 e. The van der Waals surface area contributed by atoms with Crippen LogP contribution in [0.1, 0.15) is 12.5 Å². The van der Waals surface area contributed by atoms with E-state index in [0.717, 1.165) is 0 Å². The Morgan fingerprint density at radius 3 is 2.68 bits per heavy atom. The standard InChI is InChI=1S/C14H14F2N2O3S/c1-3-18-12(19)9(17-14(18)22)6-8-4-5-10(21-13(15)16)11(7-8)20-2/h4-7,13H,3H2,1-2H3,(H,17,22)/b9-6-. The van der Waals surface area contributed by atoms with Gasteiger partial charge < -0.3 is 14.8 Å². The summed E-state index contributed by atoms with van der Waals surface area (Å²) < 4.78 is 33.9. The van der Waals surface area contributed by atoms with Gasteiger partial charge in [0.05, 0.1) is 7.11 Å². The Bertz CT molecular complexity index is 635.